The highest BCUT2D eigenvalue weighted by molar-refractivity contribution is 5.92. The van der Waals surface area contributed by atoms with E-state index in [-0.39, 0.29) is 5.56 Å². The van der Waals surface area contributed by atoms with Gasteiger partial charge in [0.15, 0.2) is 0 Å². The molecule has 1 rings (SSSR count). The van der Waals surface area contributed by atoms with E-state index in [1.165, 1.54) is 20.3 Å². The summed E-state index contributed by atoms with van der Waals surface area (Å²) in [6, 6.07) is 3.04. The van der Waals surface area contributed by atoms with Gasteiger partial charge in [-0.2, -0.15) is 0 Å². The van der Waals surface area contributed by atoms with Gasteiger partial charge in [0.25, 0.3) is 0 Å². The molecule has 0 amide bonds. The Labute approximate surface area is 94.1 Å². The van der Waals surface area contributed by atoms with Gasteiger partial charge in [-0.25, -0.2) is 0 Å². The minimum atomic E-state index is -1.26. The number of benzene rings is 1. The van der Waals surface area contributed by atoms with Crippen molar-refractivity contribution in [3.8, 4) is 11.5 Å². The summed E-state index contributed by atoms with van der Waals surface area (Å²) in [6.45, 7) is 1.79. The molecule has 0 unspecified atom stereocenters. The molecule has 1 aromatic carbocycles. The number of methoxy groups -OCH3 is 2. The minimum absolute atomic E-state index is 0.0503. The lowest BCUT2D eigenvalue weighted by molar-refractivity contribution is -0.255. The van der Waals surface area contributed by atoms with Crippen molar-refractivity contribution in [2.75, 3.05) is 14.2 Å². The van der Waals surface area contributed by atoms with E-state index in [0.29, 0.717) is 17.1 Å². The highest BCUT2D eigenvalue weighted by Gasteiger charge is 2.10. The predicted octanol–water partition coefficient (Wildman–Crippen LogP) is 1.10. The average Bonchev–Trinajstić information content (AvgIpc) is 2.29. The lowest BCUT2D eigenvalue weighted by Gasteiger charge is -2.14. The van der Waals surface area contributed by atoms with Crippen LogP contribution in [-0.2, 0) is 0 Å². The highest BCUT2D eigenvalue weighted by Crippen LogP contribution is 2.29. The maximum absolute atomic E-state index is 11.0. The van der Waals surface area contributed by atoms with E-state index >= 15 is 0 Å². The van der Waals surface area contributed by atoms with Gasteiger partial charge in [-0.15, -0.1) is 0 Å². The Bertz CT molecular complexity index is 421. The molecule has 0 N–H and O–H groups in total. The zero-order valence-corrected chi connectivity index (χ0v) is 9.44. The molecule has 0 radical (unpaired) electrons. The number of rotatable bonds is 4. The topological polar surface area (TPSA) is 58.6 Å². The fraction of sp³-hybridized carbons (Fsp3) is 0.250. The molecule has 0 saturated heterocycles. The minimum Gasteiger partial charge on any atom is -0.545 e. The molecule has 0 aromatic heterocycles. The number of carbonyl (C=O) groups excluding carboxylic acids is 1. The van der Waals surface area contributed by atoms with Gasteiger partial charge in [-0.1, -0.05) is 12.2 Å². The summed E-state index contributed by atoms with van der Waals surface area (Å²) in [6.07, 6.45) is 3.39. The molecule has 4 heteroatoms. The lowest BCUT2D eigenvalue weighted by atomic mass is 10.1. The Balaban J connectivity index is 3.46. The second-order valence-corrected chi connectivity index (χ2v) is 3.08. The van der Waals surface area contributed by atoms with Crippen molar-refractivity contribution in [1.29, 1.82) is 0 Å². The number of hydrogen-bond donors (Lipinski definition) is 0. The normalized spacial score (nSPS) is 10.4. The molecule has 0 aliphatic carbocycles. The number of allylic oxidation sites excluding steroid dienone is 1. The van der Waals surface area contributed by atoms with Gasteiger partial charge in [0.2, 0.25) is 0 Å². The van der Waals surface area contributed by atoms with Gasteiger partial charge < -0.3 is 19.4 Å². The first-order chi connectivity index (χ1) is 7.63. The molecule has 0 spiro atoms. The number of carboxylic acids is 1. The summed E-state index contributed by atoms with van der Waals surface area (Å²) in [4.78, 5) is 11.0. The molecular weight excluding hydrogens is 208 g/mol. The average molecular weight is 221 g/mol. The zero-order valence-electron chi connectivity index (χ0n) is 9.44. The van der Waals surface area contributed by atoms with E-state index in [1.807, 2.05) is 0 Å². The first kappa shape index (κ1) is 12.1. The smallest absolute Gasteiger partial charge is 0.130 e. The fourth-order valence-electron chi connectivity index (χ4n) is 1.40. The van der Waals surface area contributed by atoms with Crippen LogP contribution in [0.5, 0.6) is 11.5 Å². The van der Waals surface area contributed by atoms with Crippen LogP contribution in [0.3, 0.4) is 0 Å². The standard InChI is InChI=1S/C12H14O4/c1-4-5-9-10(12(13)14)6-8(15-2)7-11(9)16-3/h4-7H,1-3H3,(H,13,14)/p-1/b5-4+. The second kappa shape index (κ2) is 5.21. The van der Waals surface area contributed by atoms with Crippen LogP contribution in [0.25, 0.3) is 6.08 Å². The summed E-state index contributed by atoms with van der Waals surface area (Å²) in [5, 5.41) is 11.0. The number of aromatic carboxylic acids is 1. The molecule has 0 aliphatic rings. The Morgan fingerprint density at radius 1 is 1.31 bits per heavy atom. The van der Waals surface area contributed by atoms with Crippen molar-refractivity contribution in [2.24, 2.45) is 0 Å². The molecule has 4 nitrogen and oxygen atoms in total. The second-order valence-electron chi connectivity index (χ2n) is 3.08. The molecular formula is C12H13O4-. The molecule has 86 valence electrons. The maximum Gasteiger partial charge on any atom is 0.130 e. The van der Waals surface area contributed by atoms with E-state index in [2.05, 4.69) is 0 Å². The monoisotopic (exact) mass is 221 g/mol. The Morgan fingerprint density at radius 2 is 2.00 bits per heavy atom. The van der Waals surface area contributed by atoms with Crippen LogP contribution in [0.2, 0.25) is 0 Å². The van der Waals surface area contributed by atoms with Crippen LogP contribution >= 0.6 is 0 Å². The van der Waals surface area contributed by atoms with Crippen LogP contribution in [0.15, 0.2) is 18.2 Å². The van der Waals surface area contributed by atoms with Gasteiger partial charge >= 0.3 is 0 Å². The summed E-state index contributed by atoms with van der Waals surface area (Å²) in [7, 11) is 2.93. The molecule has 0 saturated carbocycles. The van der Waals surface area contributed by atoms with Gasteiger partial charge in [-0.3, -0.25) is 0 Å². The summed E-state index contributed by atoms with van der Waals surface area (Å²) in [5.74, 6) is -0.397. The molecule has 16 heavy (non-hydrogen) atoms. The number of ether oxygens (including phenoxy) is 2. The Kier molecular flexibility index (Phi) is 3.94. The van der Waals surface area contributed by atoms with Crippen molar-refractivity contribution in [3.05, 3.63) is 29.3 Å². The van der Waals surface area contributed by atoms with E-state index in [4.69, 9.17) is 9.47 Å². The lowest BCUT2D eigenvalue weighted by Crippen LogP contribution is -2.23. The van der Waals surface area contributed by atoms with Crippen molar-refractivity contribution in [3.63, 3.8) is 0 Å². The summed E-state index contributed by atoms with van der Waals surface area (Å²) >= 11 is 0. The van der Waals surface area contributed by atoms with Crippen LogP contribution < -0.4 is 14.6 Å². The summed E-state index contributed by atoms with van der Waals surface area (Å²) in [5.41, 5.74) is 0.528. The largest absolute Gasteiger partial charge is 0.545 e. The van der Waals surface area contributed by atoms with E-state index in [9.17, 15) is 9.90 Å². The molecule has 0 bridgehead atoms. The third-order valence-electron chi connectivity index (χ3n) is 2.12. The van der Waals surface area contributed by atoms with Crippen LogP contribution in [0.1, 0.15) is 22.8 Å². The van der Waals surface area contributed by atoms with Crippen molar-refractivity contribution in [1.82, 2.24) is 0 Å². The zero-order chi connectivity index (χ0) is 12.1. The summed E-state index contributed by atoms with van der Waals surface area (Å²) < 4.78 is 10.1. The van der Waals surface area contributed by atoms with Crippen molar-refractivity contribution in [2.45, 2.75) is 6.92 Å². The van der Waals surface area contributed by atoms with Gasteiger partial charge in [0, 0.05) is 17.2 Å². The van der Waals surface area contributed by atoms with Crippen molar-refractivity contribution < 1.29 is 19.4 Å². The van der Waals surface area contributed by atoms with Crippen LogP contribution in [0.4, 0.5) is 0 Å². The fourth-order valence-corrected chi connectivity index (χ4v) is 1.40. The first-order valence-electron chi connectivity index (χ1n) is 4.74. The number of carbonyl (C=O) groups is 1. The SMILES string of the molecule is C/C=C/c1c(OC)cc(OC)cc1C(=O)[O-]. The van der Waals surface area contributed by atoms with E-state index < -0.39 is 5.97 Å². The third kappa shape index (κ3) is 2.34. The molecule has 0 aliphatic heterocycles. The molecule has 0 heterocycles. The quantitative estimate of drug-likeness (QED) is 0.764. The van der Waals surface area contributed by atoms with Crippen LogP contribution in [-0.4, -0.2) is 20.2 Å². The first-order valence-corrected chi connectivity index (χ1v) is 4.74. The molecule has 0 atom stereocenters. The number of hydrogen-bond acceptors (Lipinski definition) is 4. The molecule has 0 fully saturated rings. The predicted molar refractivity (Wildman–Crippen MR) is 58.6 cm³/mol. The number of carboxylic acid groups (broad SMARTS) is 1. The van der Waals surface area contributed by atoms with E-state index in [1.54, 1.807) is 25.1 Å². The van der Waals surface area contributed by atoms with Gasteiger partial charge in [0.05, 0.1) is 20.2 Å². The maximum atomic E-state index is 11.0. The highest BCUT2D eigenvalue weighted by atomic mass is 16.5. The van der Waals surface area contributed by atoms with Gasteiger partial charge in [-0.05, 0) is 13.0 Å². The van der Waals surface area contributed by atoms with Crippen LogP contribution in [0, 0.1) is 0 Å². The molecule has 1 aromatic rings. The Hall–Kier alpha value is -1.97. The van der Waals surface area contributed by atoms with Gasteiger partial charge in [0.1, 0.15) is 11.5 Å². The van der Waals surface area contributed by atoms with E-state index in [0.717, 1.165) is 0 Å². The third-order valence-corrected chi connectivity index (χ3v) is 2.12. The Morgan fingerprint density at radius 3 is 2.44 bits per heavy atom. The van der Waals surface area contributed by atoms with Crippen molar-refractivity contribution >= 4 is 12.0 Å².